The summed E-state index contributed by atoms with van der Waals surface area (Å²) in [5, 5.41) is 3.60. The van der Waals surface area contributed by atoms with Crippen LogP contribution < -0.4 is 5.32 Å². The molecule has 1 amide bonds. The Morgan fingerprint density at radius 1 is 1.33 bits per heavy atom. The molecule has 0 radical (unpaired) electrons. The van der Waals surface area contributed by atoms with Gasteiger partial charge in [0.05, 0.1) is 0 Å². The van der Waals surface area contributed by atoms with E-state index < -0.39 is 5.60 Å². The van der Waals surface area contributed by atoms with E-state index in [2.05, 4.69) is 12.2 Å². The summed E-state index contributed by atoms with van der Waals surface area (Å²) in [7, 11) is 1.74. The van der Waals surface area contributed by atoms with Gasteiger partial charge in [0, 0.05) is 39.4 Å². The lowest BCUT2D eigenvalue weighted by molar-refractivity contribution is 0.0256. The molecule has 1 N–H and O–H groups in total. The first kappa shape index (κ1) is 18.2. The predicted octanol–water partition coefficient (Wildman–Crippen LogP) is 2.65. The molecule has 1 fully saturated rings. The Bertz CT molecular complexity index is 315. The van der Waals surface area contributed by atoms with Gasteiger partial charge in [0.1, 0.15) is 5.60 Å². The Hall–Kier alpha value is -0.810. The third-order valence-electron chi connectivity index (χ3n) is 3.59. The molecule has 1 heterocycles. The molecule has 1 aliphatic heterocycles. The number of nitrogens with one attached hydrogen (secondary N) is 1. The molecular weight excluding hydrogens is 268 g/mol. The van der Waals surface area contributed by atoms with Crippen LogP contribution in [0.2, 0.25) is 0 Å². The Balaban J connectivity index is 2.34. The van der Waals surface area contributed by atoms with Crippen LogP contribution in [0.1, 0.15) is 47.0 Å². The summed E-state index contributed by atoms with van der Waals surface area (Å²) in [6.45, 7) is 11.2. The van der Waals surface area contributed by atoms with E-state index in [-0.39, 0.29) is 6.09 Å². The second-order valence-electron chi connectivity index (χ2n) is 7.06. The van der Waals surface area contributed by atoms with Crippen molar-refractivity contribution in [3.8, 4) is 0 Å². The highest BCUT2D eigenvalue weighted by Crippen LogP contribution is 2.15. The van der Waals surface area contributed by atoms with Crippen LogP contribution in [0.25, 0.3) is 0 Å². The van der Waals surface area contributed by atoms with Crippen LogP contribution in [0, 0.1) is 5.92 Å². The Morgan fingerprint density at radius 3 is 2.67 bits per heavy atom. The minimum atomic E-state index is -0.420. The van der Waals surface area contributed by atoms with Crippen molar-refractivity contribution in [2.24, 2.45) is 5.92 Å². The summed E-state index contributed by atoms with van der Waals surface area (Å²) in [6, 6.07) is 0.483. The highest BCUT2D eigenvalue weighted by atomic mass is 16.6. The number of hydrogen-bond acceptors (Lipinski definition) is 4. The summed E-state index contributed by atoms with van der Waals surface area (Å²) in [5.74, 6) is 0.514. The van der Waals surface area contributed by atoms with Crippen LogP contribution in [0.4, 0.5) is 4.79 Å². The van der Waals surface area contributed by atoms with E-state index in [9.17, 15) is 4.79 Å². The topological polar surface area (TPSA) is 50.8 Å². The molecular formula is C16H32N2O3. The molecule has 1 aliphatic rings. The molecule has 0 aromatic carbocycles. The molecule has 0 bridgehead atoms. The number of ether oxygens (including phenoxy) is 2. The number of likely N-dealkylation sites (tertiary alicyclic amines) is 1. The number of nitrogens with zero attached hydrogens (tertiary/aromatic N) is 1. The summed E-state index contributed by atoms with van der Waals surface area (Å²) in [6.07, 6.45) is 2.93. The maximum atomic E-state index is 12.1. The van der Waals surface area contributed by atoms with E-state index >= 15 is 0 Å². The zero-order valence-corrected chi connectivity index (χ0v) is 14.3. The van der Waals surface area contributed by atoms with Gasteiger partial charge in [-0.2, -0.15) is 0 Å². The molecule has 1 rings (SSSR count). The molecule has 2 atom stereocenters. The predicted molar refractivity (Wildman–Crippen MR) is 84.5 cm³/mol. The number of carbonyl (C=O) groups excluding carboxylic acids is 1. The molecule has 0 saturated carbocycles. The van der Waals surface area contributed by atoms with Gasteiger partial charge in [-0.3, -0.25) is 0 Å². The van der Waals surface area contributed by atoms with E-state index in [0.717, 1.165) is 45.5 Å². The number of hydrogen-bond donors (Lipinski definition) is 1. The number of methoxy groups -OCH3 is 1. The van der Waals surface area contributed by atoms with Gasteiger partial charge < -0.3 is 19.7 Å². The Morgan fingerprint density at radius 2 is 2.05 bits per heavy atom. The van der Waals surface area contributed by atoms with Gasteiger partial charge in [0.2, 0.25) is 0 Å². The second kappa shape index (κ2) is 8.59. The van der Waals surface area contributed by atoms with Gasteiger partial charge in [-0.1, -0.05) is 6.92 Å². The van der Waals surface area contributed by atoms with Crippen molar-refractivity contribution in [3.05, 3.63) is 0 Å². The third kappa shape index (κ3) is 7.67. The smallest absolute Gasteiger partial charge is 0.410 e. The van der Waals surface area contributed by atoms with Crippen LogP contribution >= 0.6 is 0 Å². The molecule has 0 spiro atoms. The molecule has 1 saturated heterocycles. The molecule has 5 nitrogen and oxygen atoms in total. The van der Waals surface area contributed by atoms with Crippen molar-refractivity contribution in [2.75, 3.05) is 33.4 Å². The minimum Gasteiger partial charge on any atom is -0.444 e. The number of rotatable bonds is 5. The van der Waals surface area contributed by atoms with Crippen LogP contribution in [-0.4, -0.2) is 56.0 Å². The zero-order valence-electron chi connectivity index (χ0n) is 14.3. The quantitative estimate of drug-likeness (QED) is 0.848. The standard InChI is InChI=1S/C16H32N2O3/c1-13(12-20-5)11-17-14-7-6-9-18(10-8-14)15(19)21-16(2,3)4/h13-14,17H,6-12H2,1-5H3. The largest absolute Gasteiger partial charge is 0.444 e. The highest BCUT2D eigenvalue weighted by Gasteiger charge is 2.25. The Labute approximate surface area is 129 Å². The average molecular weight is 300 g/mol. The first-order chi connectivity index (χ1) is 9.81. The fourth-order valence-corrected chi connectivity index (χ4v) is 2.52. The van der Waals surface area contributed by atoms with E-state index in [4.69, 9.17) is 9.47 Å². The molecule has 0 aromatic heterocycles. The normalized spacial score (nSPS) is 21.8. The second-order valence-corrected chi connectivity index (χ2v) is 7.06. The van der Waals surface area contributed by atoms with E-state index in [0.29, 0.717) is 12.0 Å². The molecule has 124 valence electrons. The van der Waals surface area contributed by atoms with E-state index in [1.807, 2.05) is 25.7 Å². The maximum Gasteiger partial charge on any atom is 0.410 e. The number of amides is 1. The number of carbonyl (C=O) groups is 1. The van der Waals surface area contributed by atoms with Crippen molar-refractivity contribution < 1.29 is 14.3 Å². The van der Waals surface area contributed by atoms with Crippen LogP contribution in [0.15, 0.2) is 0 Å². The van der Waals surface area contributed by atoms with Gasteiger partial charge in [-0.25, -0.2) is 4.79 Å². The maximum absolute atomic E-state index is 12.1. The van der Waals surface area contributed by atoms with Gasteiger partial charge >= 0.3 is 6.09 Å². The minimum absolute atomic E-state index is 0.184. The lowest BCUT2D eigenvalue weighted by atomic mass is 10.1. The summed E-state index contributed by atoms with van der Waals surface area (Å²) in [5.41, 5.74) is -0.420. The van der Waals surface area contributed by atoms with Crippen molar-refractivity contribution in [1.29, 1.82) is 0 Å². The van der Waals surface area contributed by atoms with Gasteiger partial charge in [0.15, 0.2) is 0 Å². The molecule has 0 aromatic rings. The summed E-state index contributed by atoms with van der Waals surface area (Å²) < 4.78 is 10.6. The van der Waals surface area contributed by atoms with Gasteiger partial charge in [-0.05, 0) is 46.0 Å². The lowest BCUT2D eigenvalue weighted by Gasteiger charge is -2.26. The fourth-order valence-electron chi connectivity index (χ4n) is 2.52. The lowest BCUT2D eigenvalue weighted by Crippen LogP contribution is -2.38. The van der Waals surface area contributed by atoms with Crippen molar-refractivity contribution >= 4 is 6.09 Å². The monoisotopic (exact) mass is 300 g/mol. The van der Waals surface area contributed by atoms with Crippen LogP contribution in [0.5, 0.6) is 0 Å². The van der Waals surface area contributed by atoms with Crippen LogP contribution in [0.3, 0.4) is 0 Å². The molecule has 5 heteroatoms. The SMILES string of the molecule is COCC(C)CNC1CCCN(C(=O)OC(C)(C)C)CC1. The highest BCUT2D eigenvalue weighted by molar-refractivity contribution is 5.68. The summed E-state index contributed by atoms with van der Waals surface area (Å²) >= 11 is 0. The fraction of sp³-hybridized carbons (Fsp3) is 0.938. The van der Waals surface area contributed by atoms with Crippen molar-refractivity contribution in [3.63, 3.8) is 0 Å². The Kier molecular flexibility index (Phi) is 7.46. The third-order valence-corrected chi connectivity index (χ3v) is 3.59. The van der Waals surface area contributed by atoms with Crippen molar-refractivity contribution in [2.45, 2.75) is 58.6 Å². The first-order valence-electron chi connectivity index (χ1n) is 8.02. The van der Waals surface area contributed by atoms with Gasteiger partial charge in [-0.15, -0.1) is 0 Å². The molecule has 21 heavy (non-hydrogen) atoms. The first-order valence-corrected chi connectivity index (χ1v) is 8.02. The van der Waals surface area contributed by atoms with E-state index in [1.54, 1.807) is 7.11 Å². The average Bonchev–Trinajstić information content (AvgIpc) is 2.60. The van der Waals surface area contributed by atoms with Gasteiger partial charge in [0.25, 0.3) is 0 Å². The van der Waals surface area contributed by atoms with Crippen LogP contribution in [-0.2, 0) is 9.47 Å². The zero-order chi connectivity index (χ0) is 15.9. The summed E-state index contributed by atoms with van der Waals surface area (Å²) in [4.78, 5) is 13.9. The molecule has 0 aliphatic carbocycles. The van der Waals surface area contributed by atoms with E-state index in [1.165, 1.54) is 0 Å². The van der Waals surface area contributed by atoms with Crippen molar-refractivity contribution in [1.82, 2.24) is 10.2 Å². The molecule has 2 unspecified atom stereocenters.